The fraction of sp³-hybridized carbons (Fsp3) is 0.846. The lowest BCUT2D eigenvalue weighted by Crippen LogP contribution is -2.51. The smallest absolute Gasteiger partial charge is 0.235 e. The molecule has 5 heteroatoms. The summed E-state index contributed by atoms with van der Waals surface area (Å²) in [5.41, 5.74) is 5.20. The van der Waals surface area contributed by atoms with E-state index in [4.69, 9.17) is 23.1 Å². The molecule has 0 atom stereocenters. The van der Waals surface area contributed by atoms with Crippen LogP contribution in [0, 0.1) is 5.41 Å². The number of carbonyl (C=O) groups is 1. The van der Waals surface area contributed by atoms with Crippen molar-refractivity contribution in [2.75, 3.05) is 13.2 Å². The van der Waals surface area contributed by atoms with Crippen LogP contribution in [0.2, 0.25) is 0 Å². The summed E-state index contributed by atoms with van der Waals surface area (Å²) in [6.07, 6.45) is 4.15. The summed E-state index contributed by atoms with van der Waals surface area (Å²) in [5, 5.41) is 8.93. The highest BCUT2D eigenvalue weighted by Gasteiger charge is 2.46. The minimum Gasteiger partial charge on any atom is -0.396 e. The van der Waals surface area contributed by atoms with Gasteiger partial charge in [0.15, 0.2) is 0 Å². The SMILES string of the molecule is CC(C)N(CCCO)C(=O)C1(C(N)=S)CCCC1. The number of nitrogens with zero attached hydrogens (tertiary/aromatic N) is 1. The molecule has 18 heavy (non-hydrogen) atoms. The van der Waals surface area contributed by atoms with Crippen LogP contribution in [-0.2, 0) is 4.79 Å². The zero-order valence-corrected chi connectivity index (χ0v) is 12.1. The molecule has 0 heterocycles. The number of carbonyl (C=O) groups excluding carboxylic acids is 1. The second kappa shape index (κ2) is 6.48. The van der Waals surface area contributed by atoms with Gasteiger partial charge in [-0.25, -0.2) is 0 Å². The summed E-state index contributed by atoms with van der Waals surface area (Å²) in [6.45, 7) is 4.63. The summed E-state index contributed by atoms with van der Waals surface area (Å²) in [7, 11) is 0. The Hall–Kier alpha value is -0.680. The van der Waals surface area contributed by atoms with Gasteiger partial charge in [-0.05, 0) is 33.1 Å². The fourth-order valence-corrected chi connectivity index (χ4v) is 2.95. The molecule has 4 nitrogen and oxygen atoms in total. The molecule has 0 aliphatic heterocycles. The van der Waals surface area contributed by atoms with Crippen LogP contribution in [0.3, 0.4) is 0 Å². The standard InChI is InChI=1S/C13H24N2O2S/c1-10(2)15(8-5-9-16)12(17)13(11(14)18)6-3-4-7-13/h10,16H,3-9H2,1-2H3,(H2,14,18). The van der Waals surface area contributed by atoms with Gasteiger partial charge in [0, 0.05) is 19.2 Å². The topological polar surface area (TPSA) is 66.6 Å². The molecular formula is C13H24N2O2S. The summed E-state index contributed by atoms with van der Waals surface area (Å²) < 4.78 is 0. The molecule has 1 rings (SSSR count). The highest BCUT2D eigenvalue weighted by Crippen LogP contribution is 2.40. The molecule has 1 fully saturated rings. The molecule has 0 bridgehead atoms. The van der Waals surface area contributed by atoms with Gasteiger partial charge in [0.1, 0.15) is 0 Å². The Balaban J connectivity index is 2.89. The fourth-order valence-electron chi connectivity index (χ4n) is 2.65. The highest BCUT2D eigenvalue weighted by molar-refractivity contribution is 7.80. The molecule has 0 aromatic heterocycles. The number of hydrogen-bond donors (Lipinski definition) is 2. The maximum absolute atomic E-state index is 12.7. The second-order valence-electron chi connectivity index (χ2n) is 5.32. The molecule has 0 unspecified atom stereocenters. The van der Waals surface area contributed by atoms with Gasteiger partial charge in [-0.15, -0.1) is 0 Å². The molecule has 0 aromatic carbocycles. The van der Waals surface area contributed by atoms with E-state index in [9.17, 15) is 4.79 Å². The molecule has 0 radical (unpaired) electrons. The van der Waals surface area contributed by atoms with Gasteiger partial charge in [0.2, 0.25) is 5.91 Å². The van der Waals surface area contributed by atoms with E-state index >= 15 is 0 Å². The lowest BCUT2D eigenvalue weighted by molar-refractivity contribution is -0.140. The third-order valence-corrected chi connectivity index (χ3v) is 4.17. The van der Waals surface area contributed by atoms with E-state index < -0.39 is 5.41 Å². The zero-order valence-electron chi connectivity index (χ0n) is 11.3. The second-order valence-corrected chi connectivity index (χ2v) is 5.76. The Morgan fingerprint density at radius 3 is 2.39 bits per heavy atom. The molecule has 1 amide bonds. The van der Waals surface area contributed by atoms with E-state index in [0.29, 0.717) is 18.0 Å². The van der Waals surface area contributed by atoms with Crippen LogP contribution in [0.25, 0.3) is 0 Å². The summed E-state index contributed by atoms with van der Waals surface area (Å²) in [6, 6.07) is 0.107. The van der Waals surface area contributed by atoms with Crippen LogP contribution in [-0.4, -0.2) is 40.1 Å². The van der Waals surface area contributed by atoms with Crippen molar-refractivity contribution in [3.63, 3.8) is 0 Å². The number of nitrogens with two attached hydrogens (primary N) is 1. The Morgan fingerprint density at radius 1 is 1.44 bits per heavy atom. The first-order chi connectivity index (χ1) is 8.45. The lowest BCUT2D eigenvalue weighted by Gasteiger charge is -2.36. The Labute approximate surface area is 115 Å². The van der Waals surface area contributed by atoms with E-state index in [1.807, 2.05) is 13.8 Å². The molecule has 0 spiro atoms. The predicted molar refractivity (Wildman–Crippen MR) is 76.2 cm³/mol. The zero-order chi connectivity index (χ0) is 13.8. The van der Waals surface area contributed by atoms with Gasteiger partial charge in [0.05, 0.1) is 10.4 Å². The average molecular weight is 272 g/mol. The number of rotatable bonds is 6. The molecule has 104 valence electrons. The van der Waals surface area contributed by atoms with Gasteiger partial charge in [0.25, 0.3) is 0 Å². The van der Waals surface area contributed by atoms with Crippen LogP contribution >= 0.6 is 12.2 Å². The molecule has 0 aromatic rings. The lowest BCUT2D eigenvalue weighted by atomic mass is 9.84. The van der Waals surface area contributed by atoms with Crippen molar-refractivity contribution in [3.8, 4) is 0 Å². The van der Waals surface area contributed by atoms with Crippen molar-refractivity contribution in [1.82, 2.24) is 4.90 Å². The molecule has 1 aliphatic carbocycles. The Bertz CT molecular complexity index is 312. The van der Waals surface area contributed by atoms with Crippen molar-refractivity contribution in [2.45, 2.75) is 52.0 Å². The van der Waals surface area contributed by atoms with E-state index in [-0.39, 0.29) is 18.6 Å². The molecule has 0 saturated heterocycles. The number of thiocarbonyl (C=S) groups is 1. The molecular weight excluding hydrogens is 248 g/mol. The van der Waals surface area contributed by atoms with Crippen LogP contribution in [0.4, 0.5) is 0 Å². The van der Waals surface area contributed by atoms with Gasteiger partial charge in [-0.1, -0.05) is 25.1 Å². The summed E-state index contributed by atoms with van der Waals surface area (Å²) in [5.74, 6) is 0.0518. The van der Waals surface area contributed by atoms with Gasteiger partial charge >= 0.3 is 0 Å². The van der Waals surface area contributed by atoms with E-state index in [1.54, 1.807) is 4.90 Å². The summed E-state index contributed by atoms with van der Waals surface area (Å²) in [4.78, 5) is 14.9. The van der Waals surface area contributed by atoms with E-state index in [2.05, 4.69) is 0 Å². The number of aliphatic hydroxyl groups excluding tert-OH is 1. The van der Waals surface area contributed by atoms with Crippen molar-refractivity contribution in [2.24, 2.45) is 11.1 Å². The molecule has 1 aliphatic rings. The first-order valence-electron chi connectivity index (χ1n) is 6.67. The Kier molecular flexibility index (Phi) is 5.53. The molecule has 3 N–H and O–H groups in total. The first kappa shape index (κ1) is 15.4. The van der Waals surface area contributed by atoms with Crippen LogP contribution in [0.1, 0.15) is 46.0 Å². The van der Waals surface area contributed by atoms with Crippen LogP contribution in [0.5, 0.6) is 0 Å². The average Bonchev–Trinajstić information content (AvgIpc) is 2.79. The third-order valence-electron chi connectivity index (χ3n) is 3.78. The maximum Gasteiger partial charge on any atom is 0.235 e. The third kappa shape index (κ3) is 3.01. The van der Waals surface area contributed by atoms with Crippen molar-refractivity contribution >= 4 is 23.1 Å². The number of hydrogen-bond acceptors (Lipinski definition) is 3. The van der Waals surface area contributed by atoms with Crippen molar-refractivity contribution in [1.29, 1.82) is 0 Å². The van der Waals surface area contributed by atoms with Gasteiger partial charge in [-0.3, -0.25) is 4.79 Å². The largest absolute Gasteiger partial charge is 0.396 e. The van der Waals surface area contributed by atoms with Crippen molar-refractivity contribution < 1.29 is 9.90 Å². The highest BCUT2D eigenvalue weighted by atomic mass is 32.1. The minimum atomic E-state index is -0.630. The van der Waals surface area contributed by atoms with Crippen molar-refractivity contribution in [3.05, 3.63) is 0 Å². The van der Waals surface area contributed by atoms with E-state index in [1.165, 1.54) is 0 Å². The monoisotopic (exact) mass is 272 g/mol. The summed E-state index contributed by atoms with van der Waals surface area (Å²) >= 11 is 5.14. The Morgan fingerprint density at radius 2 is 2.00 bits per heavy atom. The number of amides is 1. The predicted octanol–water partition coefficient (Wildman–Crippen LogP) is 1.45. The van der Waals surface area contributed by atoms with Gasteiger partial charge < -0.3 is 15.7 Å². The van der Waals surface area contributed by atoms with Gasteiger partial charge in [-0.2, -0.15) is 0 Å². The first-order valence-corrected chi connectivity index (χ1v) is 7.08. The van der Waals surface area contributed by atoms with Crippen LogP contribution < -0.4 is 5.73 Å². The van der Waals surface area contributed by atoms with Crippen LogP contribution in [0.15, 0.2) is 0 Å². The maximum atomic E-state index is 12.7. The van der Waals surface area contributed by atoms with E-state index in [0.717, 1.165) is 25.7 Å². The number of aliphatic hydroxyl groups is 1. The minimum absolute atomic E-state index is 0.0518. The quantitative estimate of drug-likeness (QED) is 0.718. The normalized spacial score (nSPS) is 18.0. The molecule has 1 saturated carbocycles.